The number of ether oxygens (including phenoxy) is 1. The number of carbonyl (C=O) groups is 1. The van der Waals surface area contributed by atoms with E-state index in [9.17, 15) is 17.6 Å². The Morgan fingerprint density at radius 1 is 1.33 bits per heavy atom. The van der Waals surface area contributed by atoms with E-state index in [2.05, 4.69) is 4.74 Å². The van der Waals surface area contributed by atoms with Gasteiger partial charge in [-0.05, 0) is 42.9 Å². The van der Waals surface area contributed by atoms with Crippen LogP contribution in [0.15, 0.2) is 23.1 Å². The highest BCUT2D eigenvalue weighted by Crippen LogP contribution is 2.39. The number of rotatable bonds is 3. The lowest BCUT2D eigenvalue weighted by Gasteiger charge is -2.20. The highest BCUT2D eigenvalue weighted by Gasteiger charge is 2.45. The molecule has 1 aromatic carbocycles. The van der Waals surface area contributed by atoms with Crippen molar-refractivity contribution in [3.63, 3.8) is 0 Å². The minimum atomic E-state index is -3.98. The fourth-order valence-electron chi connectivity index (χ4n) is 3.59. The highest BCUT2D eigenvalue weighted by molar-refractivity contribution is 7.89. The normalized spacial score (nSPS) is 26.7. The van der Waals surface area contributed by atoms with E-state index in [4.69, 9.17) is 5.73 Å². The van der Waals surface area contributed by atoms with Gasteiger partial charge in [-0.15, -0.1) is 12.4 Å². The summed E-state index contributed by atoms with van der Waals surface area (Å²) < 4.78 is 45.2. The lowest BCUT2D eigenvalue weighted by atomic mass is 9.98. The van der Waals surface area contributed by atoms with Gasteiger partial charge in [-0.2, -0.15) is 4.31 Å². The standard InChI is InChI=1S/C15H19FN2O4S.ClH/c1-22-15(19)11-4-3-10(16)6-14(11)23(20,21)18-7-9-2-5-13(17)12(9)8-18;/h3-4,6,9,12-13H,2,5,7-8,17H2,1H3;1H. The molecule has 3 unspecified atom stereocenters. The van der Waals surface area contributed by atoms with Gasteiger partial charge in [0.1, 0.15) is 5.82 Å². The van der Waals surface area contributed by atoms with E-state index in [0.29, 0.717) is 13.1 Å². The van der Waals surface area contributed by atoms with Crippen LogP contribution >= 0.6 is 12.4 Å². The Morgan fingerprint density at radius 2 is 2.04 bits per heavy atom. The molecule has 1 saturated carbocycles. The second kappa shape index (κ2) is 6.95. The van der Waals surface area contributed by atoms with Crippen molar-refractivity contribution in [3.8, 4) is 0 Å². The van der Waals surface area contributed by atoms with Crippen LogP contribution in [0.1, 0.15) is 23.2 Å². The first-order chi connectivity index (χ1) is 10.8. The van der Waals surface area contributed by atoms with E-state index in [1.165, 1.54) is 4.31 Å². The molecule has 6 nitrogen and oxygen atoms in total. The summed E-state index contributed by atoms with van der Waals surface area (Å²) in [6, 6.07) is 3.04. The number of sulfonamides is 1. The summed E-state index contributed by atoms with van der Waals surface area (Å²) >= 11 is 0. The van der Waals surface area contributed by atoms with Gasteiger partial charge < -0.3 is 10.5 Å². The topological polar surface area (TPSA) is 89.7 Å². The van der Waals surface area contributed by atoms with E-state index in [1.54, 1.807) is 0 Å². The molecule has 3 atom stereocenters. The predicted molar refractivity (Wildman–Crippen MR) is 87.9 cm³/mol. The monoisotopic (exact) mass is 378 g/mol. The van der Waals surface area contributed by atoms with Crippen LogP contribution in [0.4, 0.5) is 4.39 Å². The Labute approximate surface area is 146 Å². The van der Waals surface area contributed by atoms with Crippen molar-refractivity contribution in [1.29, 1.82) is 0 Å². The zero-order chi connectivity index (χ0) is 16.8. The molecule has 0 amide bonds. The van der Waals surface area contributed by atoms with Gasteiger partial charge in [0.05, 0.1) is 17.6 Å². The van der Waals surface area contributed by atoms with Crippen LogP contribution in [0.5, 0.6) is 0 Å². The molecule has 2 N–H and O–H groups in total. The number of halogens is 2. The maximum atomic E-state index is 13.6. The van der Waals surface area contributed by atoms with Crippen LogP contribution in [-0.4, -0.2) is 44.9 Å². The van der Waals surface area contributed by atoms with Crippen LogP contribution in [0, 0.1) is 17.7 Å². The van der Waals surface area contributed by atoms with Gasteiger partial charge >= 0.3 is 5.97 Å². The number of fused-ring (bicyclic) bond motifs is 1. The number of hydrogen-bond acceptors (Lipinski definition) is 5. The average molecular weight is 379 g/mol. The van der Waals surface area contributed by atoms with Gasteiger partial charge in [0.2, 0.25) is 10.0 Å². The van der Waals surface area contributed by atoms with Crippen molar-refractivity contribution in [3.05, 3.63) is 29.6 Å². The zero-order valence-electron chi connectivity index (χ0n) is 13.1. The number of methoxy groups -OCH3 is 1. The van der Waals surface area contributed by atoms with Crippen LogP contribution in [0.25, 0.3) is 0 Å². The second-order valence-corrected chi connectivity index (χ2v) is 8.03. The Bertz CT molecular complexity index is 743. The number of benzene rings is 1. The molecular formula is C15H20ClFN2O4S. The molecule has 3 rings (SSSR count). The summed E-state index contributed by atoms with van der Waals surface area (Å²) in [5.74, 6) is -1.16. The Morgan fingerprint density at radius 3 is 2.67 bits per heavy atom. The molecular weight excluding hydrogens is 359 g/mol. The quantitative estimate of drug-likeness (QED) is 0.803. The molecule has 134 valence electrons. The van der Waals surface area contributed by atoms with E-state index >= 15 is 0 Å². The van der Waals surface area contributed by atoms with Crippen molar-refractivity contribution < 1.29 is 22.3 Å². The molecule has 0 radical (unpaired) electrons. The van der Waals surface area contributed by atoms with E-state index < -0.39 is 21.8 Å². The van der Waals surface area contributed by atoms with Crippen molar-refractivity contribution in [2.24, 2.45) is 17.6 Å². The van der Waals surface area contributed by atoms with Gasteiger partial charge in [-0.3, -0.25) is 0 Å². The van der Waals surface area contributed by atoms with Crippen molar-refractivity contribution in [1.82, 2.24) is 4.31 Å². The van der Waals surface area contributed by atoms with Gasteiger partial charge in [0.15, 0.2) is 0 Å². The molecule has 0 aromatic heterocycles. The lowest BCUT2D eigenvalue weighted by molar-refractivity contribution is 0.0596. The third kappa shape index (κ3) is 3.15. The second-order valence-electron chi connectivity index (χ2n) is 6.12. The molecule has 2 fully saturated rings. The third-order valence-corrected chi connectivity index (χ3v) is 6.72. The number of nitrogens with two attached hydrogens (primary N) is 1. The molecule has 1 heterocycles. The molecule has 1 aromatic rings. The summed E-state index contributed by atoms with van der Waals surface area (Å²) in [6.07, 6.45) is 1.79. The van der Waals surface area contributed by atoms with Crippen LogP contribution < -0.4 is 5.73 Å². The summed E-state index contributed by atoms with van der Waals surface area (Å²) in [4.78, 5) is 11.5. The first-order valence-corrected chi connectivity index (χ1v) is 8.92. The minimum Gasteiger partial charge on any atom is -0.465 e. The molecule has 1 aliphatic heterocycles. The Hall–Kier alpha value is -1.22. The SMILES string of the molecule is COC(=O)c1ccc(F)cc1S(=O)(=O)N1CC2CCC(N)C2C1.Cl. The number of hydrogen-bond donors (Lipinski definition) is 1. The number of esters is 1. The Balaban J connectivity index is 0.00000208. The van der Waals surface area contributed by atoms with Crippen molar-refractivity contribution in [2.75, 3.05) is 20.2 Å². The van der Waals surface area contributed by atoms with E-state index in [-0.39, 0.29) is 40.7 Å². The highest BCUT2D eigenvalue weighted by atomic mass is 35.5. The molecule has 0 spiro atoms. The average Bonchev–Trinajstić information content (AvgIpc) is 3.09. The smallest absolute Gasteiger partial charge is 0.339 e. The van der Waals surface area contributed by atoms with Crippen LogP contribution in [0.3, 0.4) is 0 Å². The minimum absolute atomic E-state index is 0. The van der Waals surface area contributed by atoms with Gasteiger partial charge in [0.25, 0.3) is 0 Å². The molecule has 2 aliphatic rings. The molecule has 9 heteroatoms. The summed E-state index contributed by atoms with van der Waals surface area (Å²) in [5, 5.41) is 0. The van der Waals surface area contributed by atoms with E-state index in [0.717, 1.165) is 38.2 Å². The maximum absolute atomic E-state index is 13.6. The van der Waals surface area contributed by atoms with Crippen LogP contribution in [-0.2, 0) is 14.8 Å². The molecule has 24 heavy (non-hydrogen) atoms. The fraction of sp³-hybridized carbons (Fsp3) is 0.533. The summed E-state index contributed by atoms with van der Waals surface area (Å²) in [6.45, 7) is 0.670. The fourth-order valence-corrected chi connectivity index (χ4v) is 5.32. The lowest BCUT2D eigenvalue weighted by Crippen LogP contribution is -2.34. The largest absolute Gasteiger partial charge is 0.465 e. The third-order valence-electron chi connectivity index (χ3n) is 4.85. The predicted octanol–water partition coefficient (Wildman–Crippen LogP) is 1.39. The summed E-state index contributed by atoms with van der Waals surface area (Å²) in [5.41, 5.74) is 5.88. The molecule has 1 aliphatic carbocycles. The first-order valence-electron chi connectivity index (χ1n) is 7.48. The molecule has 0 bridgehead atoms. The van der Waals surface area contributed by atoms with Gasteiger partial charge in [0, 0.05) is 19.1 Å². The summed E-state index contributed by atoms with van der Waals surface area (Å²) in [7, 11) is -2.82. The van der Waals surface area contributed by atoms with Crippen molar-refractivity contribution in [2.45, 2.75) is 23.8 Å². The van der Waals surface area contributed by atoms with Gasteiger partial charge in [-0.25, -0.2) is 17.6 Å². The van der Waals surface area contributed by atoms with Crippen molar-refractivity contribution >= 4 is 28.4 Å². The Kier molecular flexibility index (Phi) is 5.54. The van der Waals surface area contributed by atoms with E-state index in [1.807, 2.05) is 0 Å². The number of nitrogens with zero attached hydrogens (tertiary/aromatic N) is 1. The maximum Gasteiger partial charge on any atom is 0.339 e. The van der Waals surface area contributed by atoms with Gasteiger partial charge in [-0.1, -0.05) is 0 Å². The first kappa shape index (κ1) is 19.1. The molecule has 1 saturated heterocycles. The zero-order valence-corrected chi connectivity index (χ0v) is 14.8. The number of carbonyl (C=O) groups excluding carboxylic acids is 1. The van der Waals surface area contributed by atoms with Crippen LogP contribution in [0.2, 0.25) is 0 Å².